The highest BCUT2D eigenvalue weighted by Crippen LogP contribution is 2.40. The van der Waals surface area contributed by atoms with Gasteiger partial charge in [-0.3, -0.25) is 4.79 Å². The summed E-state index contributed by atoms with van der Waals surface area (Å²) in [6, 6.07) is 2.05. The number of amides is 1. The smallest absolute Gasteiger partial charge is 0.240 e. The van der Waals surface area contributed by atoms with Crippen LogP contribution in [0.4, 0.5) is 0 Å². The van der Waals surface area contributed by atoms with Gasteiger partial charge in [0.25, 0.3) is 0 Å². The van der Waals surface area contributed by atoms with Crippen LogP contribution in [0.3, 0.4) is 0 Å². The quantitative estimate of drug-likeness (QED) is 0.670. The Balaban J connectivity index is 2.24. The lowest BCUT2D eigenvalue weighted by atomic mass is 9.69. The van der Waals surface area contributed by atoms with Crippen molar-refractivity contribution < 1.29 is 14.3 Å². The average Bonchev–Trinajstić information content (AvgIpc) is 2.23. The molecular weight excluding hydrogens is 220 g/mol. The fraction of sp³-hybridized carbons (Fsp3) is 0.833. The number of methoxy groups -OCH3 is 1. The van der Waals surface area contributed by atoms with Gasteiger partial charge in [0.05, 0.1) is 25.9 Å². The summed E-state index contributed by atoms with van der Waals surface area (Å²) < 4.78 is 10.2. The summed E-state index contributed by atoms with van der Waals surface area (Å²) in [6.07, 6.45) is 2.30. The third kappa shape index (κ3) is 3.69. The molecule has 1 N–H and O–H groups in total. The first-order valence-corrected chi connectivity index (χ1v) is 5.93. The molecule has 0 spiro atoms. The van der Waals surface area contributed by atoms with Crippen LogP contribution in [0, 0.1) is 16.7 Å². The van der Waals surface area contributed by atoms with Crippen LogP contribution in [0.15, 0.2) is 0 Å². The zero-order chi connectivity index (χ0) is 12.7. The van der Waals surface area contributed by atoms with Crippen molar-refractivity contribution in [2.45, 2.75) is 32.2 Å². The maximum atomic E-state index is 11.9. The van der Waals surface area contributed by atoms with E-state index in [9.17, 15) is 4.79 Å². The SMILES string of the molecule is COCCOC[C@@H](C)NC(=O)C1(C#N)CCC1. The summed E-state index contributed by atoms with van der Waals surface area (Å²) in [7, 11) is 1.61. The van der Waals surface area contributed by atoms with Crippen LogP contribution in [0.1, 0.15) is 26.2 Å². The molecule has 0 unspecified atom stereocenters. The van der Waals surface area contributed by atoms with Gasteiger partial charge in [-0.1, -0.05) is 0 Å². The number of nitriles is 1. The molecule has 0 aromatic heterocycles. The Labute approximate surface area is 102 Å². The van der Waals surface area contributed by atoms with Gasteiger partial charge in [0.15, 0.2) is 0 Å². The molecule has 5 nitrogen and oxygen atoms in total. The van der Waals surface area contributed by atoms with Gasteiger partial charge in [-0.05, 0) is 26.2 Å². The zero-order valence-electron chi connectivity index (χ0n) is 10.5. The first kappa shape index (κ1) is 13.9. The molecule has 1 aliphatic carbocycles. The molecule has 1 amide bonds. The molecule has 96 valence electrons. The van der Waals surface area contributed by atoms with E-state index in [1.807, 2.05) is 6.92 Å². The van der Waals surface area contributed by atoms with E-state index in [0.717, 1.165) is 6.42 Å². The Hall–Kier alpha value is -1.12. The van der Waals surface area contributed by atoms with E-state index in [0.29, 0.717) is 32.7 Å². The Morgan fingerprint density at radius 1 is 1.53 bits per heavy atom. The molecule has 0 heterocycles. The normalized spacial score (nSPS) is 18.9. The molecule has 1 rings (SSSR count). The number of hydrogen-bond acceptors (Lipinski definition) is 4. The summed E-state index contributed by atoms with van der Waals surface area (Å²) in [5.41, 5.74) is -0.777. The maximum Gasteiger partial charge on any atom is 0.240 e. The van der Waals surface area contributed by atoms with Crippen molar-refractivity contribution in [2.24, 2.45) is 5.41 Å². The van der Waals surface area contributed by atoms with Crippen LogP contribution in [-0.2, 0) is 14.3 Å². The minimum Gasteiger partial charge on any atom is -0.382 e. The van der Waals surface area contributed by atoms with Crippen LogP contribution in [0.2, 0.25) is 0 Å². The summed E-state index contributed by atoms with van der Waals surface area (Å²) in [5, 5.41) is 11.8. The predicted molar refractivity (Wildman–Crippen MR) is 62.2 cm³/mol. The van der Waals surface area contributed by atoms with Crippen molar-refractivity contribution in [1.82, 2.24) is 5.32 Å². The van der Waals surface area contributed by atoms with Crippen LogP contribution in [0.5, 0.6) is 0 Å². The predicted octanol–water partition coefficient (Wildman–Crippen LogP) is 0.848. The second-order valence-corrected chi connectivity index (χ2v) is 4.49. The van der Waals surface area contributed by atoms with Crippen molar-refractivity contribution in [3.05, 3.63) is 0 Å². The standard InChI is InChI=1S/C12H20N2O3/c1-10(8-17-7-6-16-2)14-11(15)12(9-13)4-3-5-12/h10H,3-8H2,1-2H3,(H,14,15)/t10-/m1/s1. The molecule has 1 aliphatic rings. The molecular formula is C12H20N2O3. The molecule has 0 radical (unpaired) electrons. The minimum absolute atomic E-state index is 0.0785. The number of hydrogen-bond donors (Lipinski definition) is 1. The lowest BCUT2D eigenvalue weighted by Gasteiger charge is -2.34. The van der Waals surface area contributed by atoms with E-state index in [4.69, 9.17) is 14.7 Å². The Bertz CT molecular complexity index is 295. The molecule has 0 aromatic carbocycles. The van der Waals surface area contributed by atoms with Crippen molar-refractivity contribution >= 4 is 5.91 Å². The number of nitrogens with zero attached hydrogens (tertiary/aromatic N) is 1. The Morgan fingerprint density at radius 3 is 2.71 bits per heavy atom. The van der Waals surface area contributed by atoms with Crippen LogP contribution >= 0.6 is 0 Å². The number of carbonyl (C=O) groups excluding carboxylic acids is 1. The molecule has 0 aliphatic heterocycles. The van der Waals surface area contributed by atoms with Crippen LogP contribution in [-0.4, -0.2) is 38.9 Å². The van der Waals surface area contributed by atoms with Gasteiger partial charge in [-0.2, -0.15) is 5.26 Å². The molecule has 0 aromatic rings. The van der Waals surface area contributed by atoms with Gasteiger partial charge in [-0.25, -0.2) is 0 Å². The monoisotopic (exact) mass is 240 g/mol. The second kappa shape index (κ2) is 6.58. The van der Waals surface area contributed by atoms with E-state index >= 15 is 0 Å². The highest BCUT2D eigenvalue weighted by Gasteiger charge is 2.44. The van der Waals surface area contributed by atoms with Gasteiger partial charge < -0.3 is 14.8 Å². The number of carbonyl (C=O) groups is 1. The maximum absolute atomic E-state index is 11.9. The third-order valence-corrected chi connectivity index (χ3v) is 3.03. The van der Waals surface area contributed by atoms with E-state index in [1.165, 1.54) is 0 Å². The molecule has 1 atom stereocenters. The molecule has 1 fully saturated rings. The molecule has 0 bridgehead atoms. The van der Waals surface area contributed by atoms with E-state index in [-0.39, 0.29) is 11.9 Å². The average molecular weight is 240 g/mol. The van der Waals surface area contributed by atoms with E-state index in [1.54, 1.807) is 7.11 Å². The van der Waals surface area contributed by atoms with Crippen molar-refractivity contribution in [2.75, 3.05) is 26.9 Å². The second-order valence-electron chi connectivity index (χ2n) is 4.49. The largest absolute Gasteiger partial charge is 0.382 e. The number of nitrogens with one attached hydrogen (secondary N) is 1. The Kier molecular flexibility index (Phi) is 5.39. The molecule has 0 saturated heterocycles. The minimum atomic E-state index is -0.777. The van der Waals surface area contributed by atoms with Gasteiger partial charge in [0, 0.05) is 13.2 Å². The summed E-state index contributed by atoms with van der Waals surface area (Å²) in [4.78, 5) is 11.9. The van der Waals surface area contributed by atoms with Crippen LogP contribution in [0.25, 0.3) is 0 Å². The van der Waals surface area contributed by atoms with Gasteiger partial charge in [-0.15, -0.1) is 0 Å². The number of ether oxygens (including phenoxy) is 2. The Morgan fingerprint density at radius 2 is 2.24 bits per heavy atom. The highest BCUT2D eigenvalue weighted by atomic mass is 16.5. The van der Waals surface area contributed by atoms with Crippen molar-refractivity contribution in [3.63, 3.8) is 0 Å². The third-order valence-electron chi connectivity index (χ3n) is 3.03. The fourth-order valence-electron chi connectivity index (χ4n) is 1.73. The molecule has 1 saturated carbocycles. The fourth-order valence-corrected chi connectivity index (χ4v) is 1.73. The lowest BCUT2D eigenvalue weighted by Crippen LogP contribution is -2.48. The lowest BCUT2D eigenvalue weighted by molar-refractivity contribution is -0.132. The summed E-state index contributed by atoms with van der Waals surface area (Å²) in [6.45, 7) is 3.37. The number of rotatable bonds is 7. The summed E-state index contributed by atoms with van der Waals surface area (Å²) >= 11 is 0. The zero-order valence-corrected chi connectivity index (χ0v) is 10.5. The first-order chi connectivity index (χ1) is 8.14. The van der Waals surface area contributed by atoms with Gasteiger partial charge in [0.2, 0.25) is 5.91 Å². The van der Waals surface area contributed by atoms with Crippen molar-refractivity contribution in [3.8, 4) is 6.07 Å². The molecule has 5 heteroatoms. The highest BCUT2D eigenvalue weighted by molar-refractivity contribution is 5.86. The topological polar surface area (TPSA) is 71.3 Å². The van der Waals surface area contributed by atoms with Gasteiger partial charge >= 0.3 is 0 Å². The van der Waals surface area contributed by atoms with Crippen molar-refractivity contribution in [1.29, 1.82) is 5.26 Å². The van der Waals surface area contributed by atoms with E-state index in [2.05, 4.69) is 11.4 Å². The first-order valence-electron chi connectivity index (χ1n) is 5.93. The molecule has 17 heavy (non-hydrogen) atoms. The van der Waals surface area contributed by atoms with E-state index < -0.39 is 5.41 Å². The van der Waals surface area contributed by atoms with Crippen LogP contribution < -0.4 is 5.32 Å². The summed E-state index contributed by atoms with van der Waals surface area (Å²) in [5.74, 6) is -0.158. The van der Waals surface area contributed by atoms with Gasteiger partial charge in [0.1, 0.15) is 5.41 Å².